The van der Waals surface area contributed by atoms with Crippen molar-refractivity contribution >= 4 is 21.8 Å². The van der Waals surface area contributed by atoms with Crippen molar-refractivity contribution < 1.29 is 4.79 Å². The minimum absolute atomic E-state index is 0.0359. The highest BCUT2D eigenvalue weighted by molar-refractivity contribution is 9.10. The van der Waals surface area contributed by atoms with Crippen molar-refractivity contribution in [2.45, 2.75) is 20.4 Å². The van der Waals surface area contributed by atoms with Gasteiger partial charge >= 0.3 is 0 Å². The Morgan fingerprint density at radius 1 is 1.47 bits per heavy atom. The number of nitrogens with zero attached hydrogens (tertiary/aromatic N) is 1. The summed E-state index contributed by atoms with van der Waals surface area (Å²) < 4.78 is 0.965. The van der Waals surface area contributed by atoms with E-state index in [1.807, 2.05) is 26.0 Å². The fourth-order valence-electron chi connectivity index (χ4n) is 1.43. The molecule has 0 fully saturated rings. The summed E-state index contributed by atoms with van der Waals surface area (Å²) in [7, 11) is 1.65. The molecule has 1 rings (SSSR count). The lowest BCUT2D eigenvalue weighted by Gasteiger charge is -2.22. The molecule has 1 heterocycles. The predicted molar refractivity (Wildman–Crippen MR) is 71.5 cm³/mol. The molecule has 0 atom stereocenters. The summed E-state index contributed by atoms with van der Waals surface area (Å²) in [4.78, 5) is 15.8. The Morgan fingerprint density at radius 2 is 2.18 bits per heavy atom. The van der Waals surface area contributed by atoms with Gasteiger partial charge in [-0.1, -0.05) is 0 Å². The largest absolute Gasteiger partial charge is 0.359 e. The van der Waals surface area contributed by atoms with Gasteiger partial charge in [-0.2, -0.15) is 0 Å². The van der Waals surface area contributed by atoms with E-state index in [9.17, 15) is 4.79 Å². The van der Waals surface area contributed by atoms with Gasteiger partial charge in [0, 0.05) is 30.8 Å². The molecular weight excluding hydrogens is 282 g/mol. The highest BCUT2D eigenvalue weighted by Crippen LogP contribution is 2.13. The second kappa shape index (κ2) is 6.12. The van der Waals surface area contributed by atoms with E-state index in [0.717, 1.165) is 10.2 Å². The average Bonchev–Trinajstić information content (AvgIpc) is 2.30. The molecule has 0 unspecified atom stereocenters. The Hall–Kier alpha value is -0.940. The standard InChI is InChI=1S/C12H18BrN3O/c1-12(2,11(17)14-3)8-15-7-10-5-4-9(13)6-16-10/h4-6,15H,7-8H2,1-3H3,(H,14,17). The summed E-state index contributed by atoms with van der Waals surface area (Å²) in [5.41, 5.74) is 0.547. The van der Waals surface area contributed by atoms with Gasteiger partial charge in [0.1, 0.15) is 0 Å². The van der Waals surface area contributed by atoms with Crippen LogP contribution in [0.1, 0.15) is 19.5 Å². The summed E-state index contributed by atoms with van der Waals surface area (Å²) in [6.07, 6.45) is 1.76. The molecule has 0 aromatic carbocycles. The van der Waals surface area contributed by atoms with Gasteiger partial charge in [-0.3, -0.25) is 9.78 Å². The van der Waals surface area contributed by atoms with Crippen LogP contribution in [0.3, 0.4) is 0 Å². The molecule has 0 aliphatic heterocycles. The van der Waals surface area contributed by atoms with Crippen LogP contribution in [0.4, 0.5) is 0 Å². The van der Waals surface area contributed by atoms with Gasteiger partial charge in [-0.05, 0) is 41.9 Å². The number of aromatic nitrogens is 1. The van der Waals surface area contributed by atoms with Gasteiger partial charge < -0.3 is 10.6 Å². The number of halogens is 1. The third-order valence-electron chi connectivity index (χ3n) is 2.50. The van der Waals surface area contributed by atoms with Crippen LogP contribution in [0.25, 0.3) is 0 Å². The zero-order chi connectivity index (χ0) is 12.9. The van der Waals surface area contributed by atoms with Crippen LogP contribution >= 0.6 is 15.9 Å². The van der Waals surface area contributed by atoms with Crippen molar-refractivity contribution in [1.29, 1.82) is 0 Å². The topological polar surface area (TPSA) is 54.0 Å². The first-order chi connectivity index (χ1) is 7.95. The van der Waals surface area contributed by atoms with E-state index in [2.05, 4.69) is 31.5 Å². The second-order valence-corrected chi connectivity index (χ2v) is 5.45. The number of carbonyl (C=O) groups excluding carboxylic acids is 1. The Bertz CT molecular complexity index is 376. The van der Waals surface area contributed by atoms with Gasteiger partial charge in [-0.15, -0.1) is 0 Å². The molecule has 17 heavy (non-hydrogen) atoms. The molecule has 1 aromatic rings. The van der Waals surface area contributed by atoms with E-state index in [1.165, 1.54) is 0 Å². The monoisotopic (exact) mass is 299 g/mol. The summed E-state index contributed by atoms with van der Waals surface area (Å²) >= 11 is 3.34. The molecule has 4 nitrogen and oxygen atoms in total. The van der Waals surface area contributed by atoms with Crippen LogP contribution < -0.4 is 10.6 Å². The SMILES string of the molecule is CNC(=O)C(C)(C)CNCc1ccc(Br)cn1. The van der Waals surface area contributed by atoms with Gasteiger partial charge in [0.05, 0.1) is 11.1 Å². The first-order valence-corrected chi connectivity index (χ1v) is 6.28. The van der Waals surface area contributed by atoms with Crippen LogP contribution in [0.2, 0.25) is 0 Å². The number of hydrogen-bond donors (Lipinski definition) is 2. The maximum Gasteiger partial charge on any atom is 0.226 e. The summed E-state index contributed by atoms with van der Waals surface area (Å²) in [5.74, 6) is 0.0359. The Balaban J connectivity index is 2.42. The lowest BCUT2D eigenvalue weighted by atomic mass is 9.92. The normalized spacial score (nSPS) is 11.3. The summed E-state index contributed by atoms with van der Waals surface area (Å²) in [6.45, 7) is 5.10. The molecular formula is C12H18BrN3O. The van der Waals surface area contributed by atoms with Gasteiger partial charge in [0.15, 0.2) is 0 Å². The maximum atomic E-state index is 11.5. The minimum Gasteiger partial charge on any atom is -0.359 e. The van der Waals surface area contributed by atoms with Gasteiger partial charge in [0.25, 0.3) is 0 Å². The molecule has 0 bridgehead atoms. The van der Waals surface area contributed by atoms with Crippen LogP contribution in [0, 0.1) is 5.41 Å². The molecule has 0 spiro atoms. The number of carbonyl (C=O) groups is 1. The number of rotatable bonds is 5. The molecule has 0 saturated heterocycles. The van der Waals surface area contributed by atoms with E-state index < -0.39 is 5.41 Å². The first kappa shape index (κ1) is 14.1. The Labute approximate surface area is 110 Å². The van der Waals surface area contributed by atoms with Gasteiger partial charge in [-0.25, -0.2) is 0 Å². The van der Waals surface area contributed by atoms with Crippen LogP contribution in [0.5, 0.6) is 0 Å². The molecule has 0 aliphatic rings. The molecule has 2 N–H and O–H groups in total. The number of pyridine rings is 1. The quantitative estimate of drug-likeness (QED) is 0.870. The molecule has 0 radical (unpaired) electrons. The third kappa shape index (κ3) is 4.44. The van der Waals surface area contributed by atoms with Crippen molar-refractivity contribution in [3.05, 3.63) is 28.5 Å². The van der Waals surface area contributed by atoms with E-state index in [-0.39, 0.29) is 5.91 Å². The summed E-state index contributed by atoms with van der Waals surface area (Å²) in [6, 6.07) is 3.90. The highest BCUT2D eigenvalue weighted by atomic mass is 79.9. The predicted octanol–water partition coefficient (Wildman–Crippen LogP) is 1.71. The lowest BCUT2D eigenvalue weighted by Crippen LogP contribution is -2.41. The van der Waals surface area contributed by atoms with Crippen LogP contribution in [0.15, 0.2) is 22.8 Å². The van der Waals surface area contributed by atoms with E-state index in [4.69, 9.17) is 0 Å². The molecule has 0 saturated carbocycles. The van der Waals surface area contributed by atoms with Crippen molar-refractivity contribution in [3.8, 4) is 0 Å². The maximum absolute atomic E-state index is 11.5. The molecule has 94 valence electrons. The third-order valence-corrected chi connectivity index (χ3v) is 2.97. The fourth-order valence-corrected chi connectivity index (χ4v) is 1.67. The van der Waals surface area contributed by atoms with Crippen LogP contribution in [-0.2, 0) is 11.3 Å². The molecule has 5 heteroatoms. The minimum atomic E-state index is -0.413. The van der Waals surface area contributed by atoms with E-state index in [1.54, 1.807) is 13.2 Å². The van der Waals surface area contributed by atoms with Crippen molar-refractivity contribution in [2.24, 2.45) is 5.41 Å². The summed E-state index contributed by atoms with van der Waals surface area (Å²) in [5, 5.41) is 5.90. The van der Waals surface area contributed by atoms with E-state index in [0.29, 0.717) is 13.1 Å². The van der Waals surface area contributed by atoms with Crippen molar-refractivity contribution in [2.75, 3.05) is 13.6 Å². The zero-order valence-electron chi connectivity index (χ0n) is 10.4. The number of amides is 1. The zero-order valence-corrected chi connectivity index (χ0v) is 12.0. The van der Waals surface area contributed by atoms with Crippen LogP contribution in [-0.4, -0.2) is 24.5 Å². The highest BCUT2D eigenvalue weighted by Gasteiger charge is 2.25. The molecule has 1 amide bonds. The van der Waals surface area contributed by atoms with Gasteiger partial charge in [0.2, 0.25) is 5.91 Å². The smallest absolute Gasteiger partial charge is 0.226 e. The lowest BCUT2D eigenvalue weighted by molar-refractivity contribution is -0.128. The Kier molecular flexibility index (Phi) is 5.08. The van der Waals surface area contributed by atoms with Crippen molar-refractivity contribution in [3.63, 3.8) is 0 Å². The first-order valence-electron chi connectivity index (χ1n) is 5.49. The molecule has 1 aromatic heterocycles. The molecule has 0 aliphatic carbocycles. The second-order valence-electron chi connectivity index (χ2n) is 4.53. The fraction of sp³-hybridized carbons (Fsp3) is 0.500. The average molecular weight is 300 g/mol. The number of hydrogen-bond acceptors (Lipinski definition) is 3. The van der Waals surface area contributed by atoms with E-state index >= 15 is 0 Å². The van der Waals surface area contributed by atoms with Crippen molar-refractivity contribution in [1.82, 2.24) is 15.6 Å². The number of nitrogens with one attached hydrogen (secondary N) is 2. The Morgan fingerprint density at radius 3 is 2.71 bits per heavy atom.